The van der Waals surface area contributed by atoms with Crippen LogP contribution in [0.1, 0.15) is 18.5 Å². The molecule has 0 atom stereocenters. The van der Waals surface area contributed by atoms with Crippen LogP contribution in [-0.2, 0) is 23.6 Å². The van der Waals surface area contributed by atoms with Crippen molar-refractivity contribution >= 4 is 57.0 Å². The van der Waals surface area contributed by atoms with Gasteiger partial charge in [-0.05, 0) is 31.2 Å². The van der Waals surface area contributed by atoms with Crippen LogP contribution in [0.3, 0.4) is 0 Å². The Morgan fingerprint density at radius 1 is 1.16 bits per heavy atom. The van der Waals surface area contributed by atoms with Gasteiger partial charge in [0.05, 0.1) is 34.5 Å². The molecule has 32 heavy (non-hydrogen) atoms. The summed E-state index contributed by atoms with van der Waals surface area (Å²) in [5.41, 5.74) is 0.993. The number of thiazole rings is 1. The minimum absolute atomic E-state index is 0.0529. The lowest BCUT2D eigenvalue weighted by Gasteiger charge is -2.07. The largest absolute Gasteiger partial charge is 0.467 e. The number of para-hydroxylation sites is 1. The van der Waals surface area contributed by atoms with Crippen molar-refractivity contribution < 1.29 is 14.0 Å². The minimum Gasteiger partial charge on any atom is -0.467 e. The fourth-order valence-corrected chi connectivity index (χ4v) is 5.64. The van der Waals surface area contributed by atoms with Gasteiger partial charge in [-0.2, -0.15) is 0 Å². The molecule has 12 heteroatoms. The molecule has 0 unspecified atom stereocenters. The van der Waals surface area contributed by atoms with Crippen LogP contribution in [0.5, 0.6) is 0 Å². The summed E-state index contributed by atoms with van der Waals surface area (Å²) in [4.78, 5) is 28.6. The number of furan rings is 1. The van der Waals surface area contributed by atoms with Crippen LogP contribution in [-0.4, -0.2) is 37.4 Å². The molecule has 3 aromatic heterocycles. The first-order valence-corrected chi connectivity index (χ1v) is 12.5. The molecule has 2 N–H and O–H groups in total. The highest BCUT2D eigenvalue weighted by Crippen LogP contribution is 2.31. The molecule has 0 saturated heterocycles. The number of carbonyl (C=O) groups excluding carboxylic acids is 2. The Morgan fingerprint density at radius 2 is 2.03 bits per heavy atom. The second-order valence-corrected chi connectivity index (χ2v) is 9.67. The van der Waals surface area contributed by atoms with Crippen LogP contribution >= 0.6 is 34.9 Å². The van der Waals surface area contributed by atoms with Gasteiger partial charge in [0.15, 0.2) is 9.50 Å². The SMILES string of the molecule is CCn1c(CSc2nc3ccccc3s2)nnc1SCC(=O)NC(=O)NCc1ccco1. The summed E-state index contributed by atoms with van der Waals surface area (Å²) in [6.45, 7) is 2.89. The molecule has 9 nitrogen and oxygen atoms in total. The number of benzene rings is 1. The average Bonchev–Trinajstić information content (AvgIpc) is 3.53. The van der Waals surface area contributed by atoms with Crippen molar-refractivity contribution in [2.24, 2.45) is 0 Å². The number of hydrogen-bond acceptors (Lipinski definition) is 9. The maximum absolute atomic E-state index is 12.1. The van der Waals surface area contributed by atoms with Crippen molar-refractivity contribution in [3.05, 3.63) is 54.2 Å². The van der Waals surface area contributed by atoms with Gasteiger partial charge in [0.25, 0.3) is 0 Å². The molecule has 0 bridgehead atoms. The van der Waals surface area contributed by atoms with E-state index in [0.29, 0.717) is 23.2 Å². The lowest BCUT2D eigenvalue weighted by Crippen LogP contribution is -2.39. The molecule has 3 heterocycles. The Morgan fingerprint density at radius 3 is 2.81 bits per heavy atom. The third-order valence-electron chi connectivity index (χ3n) is 4.30. The van der Waals surface area contributed by atoms with E-state index in [-0.39, 0.29) is 12.3 Å². The van der Waals surface area contributed by atoms with Gasteiger partial charge in [0.2, 0.25) is 5.91 Å². The predicted molar refractivity (Wildman–Crippen MR) is 125 cm³/mol. The Kier molecular flexibility index (Phi) is 7.45. The third-order valence-corrected chi connectivity index (χ3v) is 7.44. The highest BCUT2D eigenvalue weighted by Gasteiger charge is 2.15. The molecular weight excluding hydrogens is 468 g/mol. The summed E-state index contributed by atoms with van der Waals surface area (Å²) in [6, 6.07) is 10.9. The first-order chi connectivity index (χ1) is 15.6. The van der Waals surface area contributed by atoms with Gasteiger partial charge in [-0.15, -0.1) is 21.5 Å². The lowest BCUT2D eigenvalue weighted by atomic mass is 10.3. The number of thioether (sulfide) groups is 2. The molecule has 0 aliphatic heterocycles. The molecule has 4 rings (SSSR count). The van der Waals surface area contributed by atoms with Crippen molar-refractivity contribution in [2.45, 2.75) is 35.3 Å². The quantitative estimate of drug-likeness (QED) is 0.341. The van der Waals surface area contributed by atoms with E-state index in [0.717, 1.165) is 20.4 Å². The van der Waals surface area contributed by atoms with E-state index in [4.69, 9.17) is 4.42 Å². The fourth-order valence-electron chi connectivity index (χ4n) is 2.81. The lowest BCUT2D eigenvalue weighted by molar-refractivity contribution is -0.117. The van der Waals surface area contributed by atoms with Gasteiger partial charge < -0.3 is 14.3 Å². The van der Waals surface area contributed by atoms with Crippen LogP contribution in [0.2, 0.25) is 0 Å². The van der Waals surface area contributed by atoms with Gasteiger partial charge in [-0.3, -0.25) is 10.1 Å². The highest BCUT2D eigenvalue weighted by atomic mass is 32.2. The summed E-state index contributed by atoms with van der Waals surface area (Å²) in [7, 11) is 0. The number of rotatable bonds is 9. The zero-order valence-electron chi connectivity index (χ0n) is 17.1. The number of amides is 3. The number of urea groups is 1. The van der Waals surface area contributed by atoms with Gasteiger partial charge in [0, 0.05) is 6.54 Å². The van der Waals surface area contributed by atoms with E-state index in [1.807, 2.05) is 29.7 Å². The Labute approximate surface area is 196 Å². The van der Waals surface area contributed by atoms with Gasteiger partial charge in [0.1, 0.15) is 11.6 Å². The van der Waals surface area contributed by atoms with E-state index in [2.05, 4.69) is 31.9 Å². The second-order valence-electron chi connectivity index (χ2n) is 6.48. The number of carbonyl (C=O) groups is 2. The summed E-state index contributed by atoms with van der Waals surface area (Å²) in [6.07, 6.45) is 1.52. The van der Waals surface area contributed by atoms with E-state index in [9.17, 15) is 9.59 Å². The monoisotopic (exact) mass is 488 g/mol. The first kappa shape index (κ1) is 22.4. The third kappa shape index (κ3) is 5.69. The van der Waals surface area contributed by atoms with Crippen molar-refractivity contribution in [1.82, 2.24) is 30.4 Å². The molecule has 1 aromatic carbocycles. The zero-order valence-corrected chi connectivity index (χ0v) is 19.6. The Hall–Kier alpha value is -2.83. The Bertz CT molecular complexity index is 1170. The summed E-state index contributed by atoms with van der Waals surface area (Å²) >= 11 is 4.51. The van der Waals surface area contributed by atoms with E-state index in [1.165, 1.54) is 18.0 Å². The molecule has 0 spiro atoms. The van der Waals surface area contributed by atoms with Crippen molar-refractivity contribution in [1.29, 1.82) is 0 Å². The van der Waals surface area contributed by atoms with E-state index < -0.39 is 11.9 Å². The van der Waals surface area contributed by atoms with Gasteiger partial charge in [-0.1, -0.05) is 35.7 Å². The highest BCUT2D eigenvalue weighted by molar-refractivity contribution is 8.00. The molecule has 0 saturated carbocycles. The smallest absolute Gasteiger partial charge is 0.321 e. The van der Waals surface area contributed by atoms with Crippen molar-refractivity contribution in [2.75, 3.05) is 5.75 Å². The number of imide groups is 1. The molecule has 0 radical (unpaired) electrons. The van der Waals surface area contributed by atoms with Crippen LogP contribution in [0.15, 0.2) is 56.6 Å². The summed E-state index contributed by atoms with van der Waals surface area (Å²) in [5.74, 6) is 1.69. The van der Waals surface area contributed by atoms with Crippen molar-refractivity contribution in [3.8, 4) is 0 Å². The fraction of sp³-hybridized carbons (Fsp3) is 0.250. The number of hydrogen-bond donors (Lipinski definition) is 2. The number of aromatic nitrogens is 4. The predicted octanol–water partition coefficient (Wildman–Crippen LogP) is 3.91. The normalized spacial score (nSPS) is 11.0. The molecule has 3 amide bonds. The topological polar surface area (TPSA) is 115 Å². The van der Waals surface area contributed by atoms with Gasteiger partial charge >= 0.3 is 6.03 Å². The van der Waals surface area contributed by atoms with E-state index in [1.54, 1.807) is 35.2 Å². The molecule has 4 aromatic rings. The van der Waals surface area contributed by atoms with Crippen LogP contribution in [0, 0.1) is 0 Å². The maximum Gasteiger partial charge on any atom is 0.321 e. The summed E-state index contributed by atoms with van der Waals surface area (Å²) < 4.78 is 9.23. The molecule has 0 aliphatic carbocycles. The van der Waals surface area contributed by atoms with Crippen molar-refractivity contribution in [3.63, 3.8) is 0 Å². The minimum atomic E-state index is -0.572. The zero-order chi connectivity index (χ0) is 22.3. The average molecular weight is 489 g/mol. The maximum atomic E-state index is 12.1. The molecular formula is C20H20N6O3S3. The Balaban J connectivity index is 1.27. The standard InChI is InChI=1S/C20H20N6O3S3/c1-2-26-16(11-31-20-22-14-7-3-4-8-15(14)32-20)24-25-19(26)30-12-17(27)23-18(28)21-10-13-6-5-9-29-13/h3-9H,2,10-12H2,1H3,(H2,21,23,27,28). The van der Waals surface area contributed by atoms with Crippen LogP contribution < -0.4 is 10.6 Å². The number of nitrogens with one attached hydrogen (secondary N) is 2. The molecule has 0 fully saturated rings. The summed E-state index contributed by atoms with van der Waals surface area (Å²) in [5, 5.41) is 14.0. The number of fused-ring (bicyclic) bond motifs is 1. The van der Waals surface area contributed by atoms with E-state index >= 15 is 0 Å². The first-order valence-electron chi connectivity index (χ1n) is 9.75. The molecule has 166 valence electrons. The van der Waals surface area contributed by atoms with Crippen LogP contribution in [0.25, 0.3) is 10.2 Å². The van der Waals surface area contributed by atoms with Crippen LogP contribution in [0.4, 0.5) is 4.79 Å². The second kappa shape index (κ2) is 10.7. The molecule has 0 aliphatic rings. The number of nitrogens with zero attached hydrogens (tertiary/aromatic N) is 4. The van der Waals surface area contributed by atoms with Gasteiger partial charge in [-0.25, -0.2) is 9.78 Å².